The van der Waals surface area contributed by atoms with Crippen LogP contribution >= 0.6 is 11.8 Å². The van der Waals surface area contributed by atoms with Gasteiger partial charge in [0, 0.05) is 5.75 Å². The highest BCUT2D eigenvalue weighted by atomic mass is 32.2. The summed E-state index contributed by atoms with van der Waals surface area (Å²) < 4.78 is 0. The molecule has 0 aliphatic carbocycles. The Morgan fingerprint density at radius 1 is 1.43 bits per heavy atom. The van der Waals surface area contributed by atoms with Crippen LogP contribution in [0.1, 0.15) is 17.8 Å². The predicted molar refractivity (Wildman–Crippen MR) is 81.3 cm³/mol. The van der Waals surface area contributed by atoms with Gasteiger partial charge < -0.3 is 10.4 Å². The number of nitrogens with one attached hydrogen (secondary N) is 2. The second kappa shape index (κ2) is 6.73. The normalized spacial score (nSPS) is 13.8. The monoisotopic (exact) mass is 306 g/mol. The highest BCUT2D eigenvalue weighted by Gasteiger charge is 2.38. The molecule has 1 aromatic carbocycles. The highest BCUT2D eigenvalue weighted by molar-refractivity contribution is 7.99. The Bertz CT molecular complexity index is 602. The van der Waals surface area contributed by atoms with E-state index in [2.05, 4.69) is 20.5 Å². The van der Waals surface area contributed by atoms with E-state index in [0.717, 1.165) is 11.4 Å². The van der Waals surface area contributed by atoms with Crippen LogP contribution in [0.4, 0.5) is 0 Å². The molecule has 0 saturated heterocycles. The maximum atomic E-state index is 11.8. The van der Waals surface area contributed by atoms with Crippen molar-refractivity contribution in [3.63, 3.8) is 0 Å². The lowest BCUT2D eigenvalue weighted by Gasteiger charge is -2.29. The third-order valence-corrected chi connectivity index (χ3v) is 4.19. The lowest BCUT2D eigenvalue weighted by Crippen LogP contribution is -2.47. The lowest BCUT2D eigenvalue weighted by atomic mass is 9.87. The Kier molecular flexibility index (Phi) is 4.98. The number of aromatic nitrogens is 3. The van der Waals surface area contributed by atoms with Gasteiger partial charge in [-0.25, -0.2) is 9.78 Å². The van der Waals surface area contributed by atoms with Gasteiger partial charge in [0.05, 0.1) is 0 Å². The number of benzene rings is 1. The van der Waals surface area contributed by atoms with Gasteiger partial charge in [-0.15, -0.1) is 5.10 Å². The third kappa shape index (κ3) is 3.43. The predicted octanol–water partition coefficient (Wildman–Crippen LogP) is 1.79. The maximum Gasteiger partial charge on any atom is 0.328 e. The number of hydrogen-bond acceptors (Lipinski definition) is 5. The van der Waals surface area contributed by atoms with Crippen molar-refractivity contribution < 1.29 is 9.90 Å². The van der Waals surface area contributed by atoms with E-state index in [9.17, 15) is 9.90 Å². The number of nitrogens with zero attached hydrogens (tertiary/aromatic N) is 2. The van der Waals surface area contributed by atoms with Crippen molar-refractivity contribution in [3.05, 3.63) is 41.7 Å². The van der Waals surface area contributed by atoms with Crippen molar-refractivity contribution in [1.29, 1.82) is 0 Å². The Morgan fingerprint density at radius 2 is 2.14 bits per heavy atom. The van der Waals surface area contributed by atoms with Gasteiger partial charge in [-0.1, -0.05) is 42.1 Å². The van der Waals surface area contributed by atoms with E-state index in [1.165, 1.54) is 11.8 Å². The summed E-state index contributed by atoms with van der Waals surface area (Å²) in [5.74, 6) is 0.459. The number of thioether (sulfide) groups is 1. The first-order valence-electron chi connectivity index (χ1n) is 6.58. The average Bonchev–Trinajstić information content (AvgIpc) is 2.90. The van der Waals surface area contributed by atoms with Crippen LogP contribution in [0.5, 0.6) is 0 Å². The van der Waals surface area contributed by atoms with E-state index >= 15 is 0 Å². The molecule has 7 heteroatoms. The minimum absolute atomic E-state index is 0.432. The lowest BCUT2D eigenvalue weighted by molar-refractivity contribution is -0.145. The van der Waals surface area contributed by atoms with Gasteiger partial charge in [0.2, 0.25) is 5.16 Å². The molecule has 112 valence electrons. The molecule has 2 rings (SSSR count). The maximum absolute atomic E-state index is 11.8. The van der Waals surface area contributed by atoms with Gasteiger partial charge in [0.15, 0.2) is 0 Å². The third-order valence-electron chi connectivity index (χ3n) is 3.34. The average molecular weight is 306 g/mol. The Hall–Kier alpha value is -1.86. The SMILES string of the molecule is CNC(CCSc1n[nH]c(C)n1)(C(=O)O)c1ccccc1. The van der Waals surface area contributed by atoms with Gasteiger partial charge in [0.25, 0.3) is 0 Å². The summed E-state index contributed by atoms with van der Waals surface area (Å²) in [4.78, 5) is 16.0. The fourth-order valence-electron chi connectivity index (χ4n) is 2.16. The molecule has 21 heavy (non-hydrogen) atoms. The first-order chi connectivity index (χ1) is 10.1. The molecule has 3 N–H and O–H groups in total. The van der Waals surface area contributed by atoms with Crippen molar-refractivity contribution in [3.8, 4) is 0 Å². The number of H-pyrrole nitrogens is 1. The largest absolute Gasteiger partial charge is 0.480 e. The Labute approximate surface area is 127 Å². The van der Waals surface area contributed by atoms with Crippen molar-refractivity contribution in [2.24, 2.45) is 0 Å². The minimum atomic E-state index is -1.10. The number of aryl methyl sites for hydroxylation is 1. The van der Waals surface area contributed by atoms with Crippen LogP contribution in [0.3, 0.4) is 0 Å². The molecule has 0 bridgehead atoms. The quantitative estimate of drug-likeness (QED) is 0.676. The topological polar surface area (TPSA) is 90.9 Å². The van der Waals surface area contributed by atoms with Gasteiger partial charge in [0.1, 0.15) is 11.4 Å². The first-order valence-corrected chi connectivity index (χ1v) is 7.56. The van der Waals surface area contributed by atoms with Crippen molar-refractivity contribution in [1.82, 2.24) is 20.5 Å². The van der Waals surface area contributed by atoms with Crippen LogP contribution in [-0.4, -0.2) is 39.1 Å². The molecular formula is C14H18N4O2S. The smallest absolute Gasteiger partial charge is 0.328 e. The number of rotatable bonds is 7. The highest BCUT2D eigenvalue weighted by Crippen LogP contribution is 2.28. The van der Waals surface area contributed by atoms with Crippen LogP contribution < -0.4 is 5.32 Å². The summed E-state index contributed by atoms with van der Waals surface area (Å²) in [6, 6.07) is 9.21. The molecule has 1 aromatic heterocycles. The molecule has 0 saturated carbocycles. The minimum Gasteiger partial charge on any atom is -0.480 e. The standard InChI is InChI=1S/C14H18N4O2S/c1-10-16-13(18-17-10)21-9-8-14(15-2,12(19)20)11-6-4-3-5-7-11/h3-7,15H,8-9H2,1-2H3,(H,19,20)(H,16,17,18). The van der Waals surface area contributed by atoms with Crippen LogP contribution in [0.15, 0.2) is 35.5 Å². The Balaban J connectivity index is 2.12. The summed E-state index contributed by atoms with van der Waals surface area (Å²) in [5.41, 5.74) is -0.355. The van der Waals surface area contributed by atoms with Gasteiger partial charge in [-0.3, -0.25) is 5.10 Å². The summed E-state index contributed by atoms with van der Waals surface area (Å²) in [6.07, 6.45) is 0.432. The van der Waals surface area contributed by atoms with Crippen molar-refractivity contribution in [2.75, 3.05) is 12.8 Å². The van der Waals surface area contributed by atoms with Gasteiger partial charge in [-0.05, 0) is 26.0 Å². The van der Waals surface area contributed by atoms with Gasteiger partial charge in [-0.2, -0.15) is 0 Å². The summed E-state index contributed by atoms with van der Waals surface area (Å²) in [7, 11) is 1.67. The van der Waals surface area contributed by atoms with E-state index < -0.39 is 11.5 Å². The number of aromatic amines is 1. The molecule has 1 atom stereocenters. The van der Waals surface area contributed by atoms with E-state index in [1.54, 1.807) is 7.05 Å². The molecule has 0 spiro atoms. The molecule has 6 nitrogen and oxygen atoms in total. The molecular weight excluding hydrogens is 288 g/mol. The van der Waals surface area contributed by atoms with E-state index in [0.29, 0.717) is 17.3 Å². The van der Waals surface area contributed by atoms with Crippen molar-refractivity contribution >= 4 is 17.7 Å². The molecule has 1 heterocycles. The first kappa shape index (κ1) is 15.5. The zero-order valence-electron chi connectivity index (χ0n) is 12.0. The fraction of sp³-hybridized carbons (Fsp3) is 0.357. The molecule has 0 fully saturated rings. The zero-order valence-corrected chi connectivity index (χ0v) is 12.8. The molecule has 0 amide bonds. The molecule has 0 aliphatic rings. The molecule has 0 radical (unpaired) electrons. The van der Waals surface area contributed by atoms with E-state index in [-0.39, 0.29) is 0 Å². The molecule has 0 aliphatic heterocycles. The number of aliphatic carboxylic acids is 1. The fourth-order valence-corrected chi connectivity index (χ4v) is 3.06. The van der Waals surface area contributed by atoms with Crippen molar-refractivity contribution in [2.45, 2.75) is 24.0 Å². The second-order valence-electron chi connectivity index (χ2n) is 4.63. The molecule has 1 unspecified atom stereocenters. The number of hydrogen-bond donors (Lipinski definition) is 3. The van der Waals surface area contributed by atoms with Crippen LogP contribution in [0, 0.1) is 6.92 Å². The number of carboxylic acid groups (broad SMARTS) is 1. The summed E-state index contributed by atoms with van der Waals surface area (Å²) in [5, 5.41) is 20.1. The van der Waals surface area contributed by atoms with Crippen LogP contribution in [-0.2, 0) is 10.3 Å². The van der Waals surface area contributed by atoms with E-state index in [1.807, 2.05) is 37.3 Å². The van der Waals surface area contributed by atoms with Crippen LogP contribution in [0.2, 0.25) is 0 Å². The van der Waals surface area contributed by atoms with E-state index in [4.69, 9.17) is 0 Å². The van der Waals surface area contributed by atoms with Crippen LogP contribution in [0.25, 0.3) is 0 Å². The second-order valence-corrected chi connectivity index (χ2v) is 5.69. The Morgan fingerprint density at radius 3 is 2.67 bits per heavy atom. The summed E-state index contributed by atoms with van der Waals surface area (Å²) in [6.45, 7) is 1.83. The summed E-state index contributed by atoms with van der Waals surface area (Å²) >= 11 is 1.44. The molecule has 2 aromatic rings. The number of carbonyl (C=O) groups is 1. The van der Waals surface area contributed by atoms with Gasteiger partial charge >= 0.3 is 5.97 Å². The number of carboxylic acids is 1. The zero-order chi connectivity index (χ0) is 15.3. The number of likely N-dealkylation sites (N-methyl/N-ethyl adjacent to an activating group) is 1.